The quantitative estimate of drug-likeness (QED) is 0.700. The van der Waals surface area contributed by atoms with Crippen LogP contribution in [0.3, 0.4) is 0 Å². The molecule has 1 saturated heterocycles. The first kappa shape index (κ1) is 20.3. The highest BCUT2D eigenvalue weighted by Gasteiger charge is 2.51. The third kappa shape index (κ3) is 3.91. The maximum Gasteiger partial charge on any atom is 0.325 e. The first-order chi connectivity index (χ1) is 13.9. The summed E-state index contributed by atoms with van der Waals surface area (Å²) in [5, 5.41) is 5.32. The fraction of sp³-hybridized carbons (Fsp3) is 0.286. The molecule has 1 aliphatic heterocycles. The normalized spacial score (nSPS) is 18.5. The van der Waals surface area contributed by atoms with E-state index in [1.807, 2.05) is 6.07 Å². The molecule has 29 heavy (non-hydrogen) atoms. The highest BCUT2D eigenvalue weighted by Crippen LogP contribution is 2.32. The first-order valence-electron chi connectivity index (χ1n) is 9.20. The van der Waals surface area contributed by atoms with Gasteiger partial charge in [0.05, 0.1) is 7.11 Å². The van der Waals surface area contributed by atoms with Gasteiger partial charge in [0.25, 0.3) is 5.91 Å². The summed E-state index contributed by atoms with van der Waals surface area (Å²) in [6, 6.07) is 12.3. The van der Waals surface area contributed by atoms with Crippen molar-refractivity contribution in [2.45, 2.75) is 25.4 Å². The number of urea groups is 1. The third-order valence-electron chi connectivity index (χ3n) is 4.99. The number of hydrogen-bond acceptors (Lipinski definition) is 4. The number of methoxy groups -OCH3 is 1. The highest BCUT2D eigenvalue weighted by molar-refractivity contribution is 6.09. The summed E-state index contributed by atoms with van der Waals surface area (Å²) in [6.45, 7) is 1.36. The second-order valence-electron chi connectivity index (χ2n) is 6.68. The van der Waals surface area contributed by atoms with E-state index in [1.54, 1.807) is 31.2 Å². The van der Waals surface area contributed by atoms with Crippen LogP contribution >= 0.6 is 0 Å². The van der Waals surface area contributed by atoms with Gasteiger partial charge in [-0.3, -0.25) is 14.5 Å². The molecule has 152 valence electrons. The average molecular weight is 399 g/mol. The molecule has 4 amide bonds. The van der Waals surface area contributed by atoms with Crippen molar-refractivity contribution in [3.8, 4) is 5.75 Å². The van der Waals surface area contributed by atoms with Crippen molar-refractivity contribution in [1.29, 1.82) is 0 Å². The summed E-state index contributed by atoms with van der Waals surface area (Å²) in [4.78, 5) is 38.7. The topological polar surface area (TPSA) is 87.7 Å². The van der Waals surface area contributed by atoms with Gasteiger partial charge in [0.2, 0.25) is 5.91 Å². The number of benzene rings is 2. The lowest BCUT2D eigenvalue weighted by Gasteiger charge is -2.25. The number of halogens is 1. The summed E-state index contributed by atoms with van der Waals surface area (Å²) in [5.74, 6) is -1.05. The predicted molar refractivity (Wildman–Crippen MR) is 103 cm³/mol. The first-order valence-corrected chi connectivity index (χ1v) is 9.20. The standard InChI is InChI=1S/C21H22FN3O4/c1-3-21(15-7-5-4-6-8-15)19(27)25(20(28)24-21)13-18(26)23-12-14-11-16(22)9-10-17(14)29-2/h4-11H,3,12-13H2,1-2H3,(H,23,26)(H,24,28). The Morgan fingerprint density at radius 2 is 1.93 bits per heavy atom. The van der Waals surface area contributed by atoms with Crippen molar-refractivity contribution in [2.24, 2.45) is 0 Å². The second-order valence-corrected chi connectivity index (χ2v) is 6.68. The summed E-state index contributed by atoms with van der Waals surface area (Å²) in [5.41, 5.74) is -0.0804. The summed E-state index contributed by atoms with van der Waals surface area (Å²) in [7, 11) is 1.44. The van der Waals surface area contributed by atoms with Crippen LogP contribution in [0.2, 0.25) is 0 Å². The van der Waals surface area contributed by atoms with Crippen molar-refractivity contribution >= 4 is 17.8 Å². The van der Waals surface area contributed by atoms with Gasteiger partial charge in [0.1, 0.15) is 23.7 Å². The lowest BCUT2D eigenvalue weighted by atomic mass is 9.87. The Balaban J connectivity index is 1.70. The lowest BCUT2D eigenvalue weighted by molar-refractivity contribution is -0.135. The van der Waals surface area contributed by atoms with E-state index in [1.165, 1.54) is 25.3 Å². The number of carbonyl (C=O) groups is 3. The Labute approximate surface area is 167 Å². The molecule has 0 aromatic heterocycles. The average Bonchev–Trinajstić information content (AvgIpc) is 2.98. The summed E-state index contributed by atoms with van der Waals surface area (Å²) >= 11 is 0. The Morgan fingerprint density at radius 1 is 1.21 bits per heavy atom. The van der Waals surface area contributed by atoms with E-state index >= 15 is 0 Å². The molecule has 0 radical (unpaired) electrons. The molecule has 8 heteroatoms. The maximum atomic E-state index is 13.4. The molecule has 2 N–H and O–H groups in total. The van der Waals surface area contributed by atoms with Gasteiger partial charge in [-0.25, -0.2) is 9.18 Å². The van der Waals surface area contributed by atoms with Crippen molar-refractivity contribution in [2.75, 3.05) is 13.7 Å². The molecule has 3 rings (SSSR count). The van der Waals surface area contributed by atoms with Crippen LogP contribution in [0, 0.1) is 5.82 Å². The maximum absolute atomic E-state index is 13.4. The van der Waals surface area contributed by atoms with E-state index in [-0.39, 0.29) is 6.54 Å². The van der Waals surface area contributed by atoms with Gasteiger partial charge >= 0.3 is 6.03 Å². The minimum Gasteiger partial charge on any atom is -0.496 e. The van der Waals surface area contributed by atoms with Gasteiger partial charge in [0, 0.05) is 12.1 Å². The number of ether oxygens (including phenoxy) is 1. The Morgan fingerprint density at radius 3 is 2.59 bits per heavy atom. The molecule has 2 aromatic carbocycles. The van der Waals surface area contributed by atoms with Crippen LogP contribution in [0.25, 0.3) is 0 Å². The van der Waals surface area contributed by atoms with E-state index in [4.69, 9.17) is 4.74 Å². The number of nitrogens with zero attached hydrogens (tertiary/aromatic N) is 1. The molecule has 0 spiro atoms. The number of imide groups is 1. The summed E-state index contributed by atoms with van der Waals surface area (Å²) < 4.78 is 18.6. The molecule has 1 heterocycles. The van der Waals surface area contributed by atoms with Gasteiger partial charge in [0.15, 0.2) is 0 Å². The van der Waals surface area contributed by atoms with Crippen LogP contribution in [0.5, 0.6) is 5.75 Å². The molecular formula is C21H22FN3O4. The SMILES string of the molecule is CCC1(c2ccccc2)NC(=O)N(CC(=O)NCc2cc(F)ccc2OC)C1=O. The third-order valence-corrected chi connectivity index (χ3v) is 4.99. The van der Waals surface area contributed by atoms with Gasteiger partial charge in [-0.15, -0.1) is 0 Å². The van der Waals surface area contributed by atoms with Crippen LogP contribution in [-0.2, 0) is 21.7 Å². The fourth-order valence-corrected chi connectivity index (χ4v) is 3.41. The van der Waals surface area contributed by atoms with Crippen LogP contribution in [0.15, 0.2) is 48.5 Å². The second kappa shape index (κ2) is 8.30. The summed E-state index contributed by atoms with van der Waals surface area (Å²) in [6.07, 6.45) is 0.347. The number of rotatable bonds is 7. The molecule has 0 bridgehead atoms. The van der Waals surface area contributed by atoms with E-state index < -0.39 is 35.7 Å². The molecule has 0 aliphatic carbocycles. The molecule has 1 aliphatic rings. The van der Waals surface area contributed by atoms with E-state index in [0.29, 0.717) is 23.3 Å². The predicted octanol–water partition coefficient (Wildman–Crippen LogP) is 2.31. The van der Waals surface area contributed by atoms with Crippen LogP contribution < -0.4 is 15.4 Å². The van der Waals surface area contributed by atoms with Gasteiger partial charge in [-0.05, 0) is 30.2 Å². The molecule has 1 fully saturated rings. The van der Waals surface area contributed by atoms with Gasteiger partial charge in [-0.2, -0.15) is 0 Å². The Kier molecular flexibility index (Phi) is 5.81. The van der Waals surface area contributed by atoms with Crippen molar-refractivity contribution in [3.63, 3.8) is 0 Å². The van der Waals surface area contributed by atoms with E-state index in [2.05, 4.69) is 10.6 Å². The van der Waals surface area contributed by atoms with E-state index in [0.717, 1.165) is 4.90 Å². The van der Waals surface area contributed by atoms with Gasteiger partial charge in [-0.1, -0.05) is 37.3 Å². The Bertz CT molecular complexity index is 935. The fourth-order valence-electron chi connectivity index (χ4n) is 3.41. The molecule has 1 unspecified atom stereocenters. The van der Waals surface area contributed by atoms with Crippen LogP contribution in [-0.4, -0.2) is 36.4 Å². The Hall–Kier alpha value is -3.42. The molecule has 7 nitrogen and oxygen atoms in total. The zero-order chi connectivity index (χ0) is 21.0. The number of amides is 4. The van der Waals surface area contributed by atoms with E-state index in [9.17, 15) is 18.8 Å². The molecule has 2 aromatic rings. The molecule has 0 saturated carbocycles. The minimum absolute atomic E-state index is 0.00101. The lowest BCUT2D eigenvalue weighted by Crippen LogP contribution is -2.44. The van der Waals surface area contributed by atoms with Crippen LogP contribution in [0.1, 0.15) is 24.5 Å². The van der Waals surface area contributed by atoms with Crippen molar-refractivity contribution in [1.82, 2.24) is 15.5 Å². The number of nitrogens with one attached hydrogen (secondary N) is 2. The zero-order valence-corrected chi connectivity index (χ0v) is 16.2. The molecule has 1 atom stereocenters. The number of carbonyl (C=O) groups excluding carboxylic acids is 3. The van der Waals surface area contributed by atoms with Crippen molar-refractivity contribution in [3.05, 3.63) is 65.5 Å². The number of hydrogen-bond donors (Lipinski definition) is 2. The largest absolute Gasteiger partial charge is 0.496 e. The molecular weight excluding hydrogens is 377 g/mol. The minimum atomic E-state index is -1.19. The van der Waals surface area contributed by atoms with Gasteiger partial charge < -0.3 is 15.4 Å². The smallest absolute Gasteiger partial charge is 0.325 e. The van der Waals surface area contributed by atoms with Crippen LogP contribution in [0.4, 0.5) is 9.18 Å². The zero-order valence-electron chi connectivity index (χ0n) is 16.2. The van der Waals surface area contributed by atoms with Crippen molar-refractivity contribution < 1.29 is 23.5 Å². The highest BCUT2D eigenvalue weighted by atomic mass is 19.1. The monoisotopic (exact) mass is 399 g/mol.